The number of rotatable bonds is 0. The summed E-state index contributed by atoms with van der Waals surface area (Å²) in [5, 5.41) is 0.834. The molecule has 0 heterocycles. The number of fused-ring (bicyclic) bond motifs is 1. The minimum Gasteiger partial charge on any atom is -0.328 e. The molecule has 3 heteroatoms. The Bertz CT molecular complexity index is 473. The summed E-state index contributed by atoms with van der Waals surface area (Å²) >= 11 is 6.07. The number of hydrogen-bond donors (Lipinski definition) is 1. The third kappa shape index (κ3) is 2.09. The van der Waals surface area contributed by atoms with Gasteiger partial charge in [-0.15, -0.1) is 12.4 Å². The van der Waals surface area contributed by atoms with Gasteiger partial charge >= 0.3 is 0 Å². The van der Waals surface area contributed by atoms with Crippen molar-refractivity contribution in [1.29, 1.82) is 0 Å². The van der Waals surface area contributed by atoms with Gasteiger partial charge in [0, 0.05) is 11.1 Å². The van der Waals surface area contributed by atoms with Gasteiger partial charge in [-0.3, -0.25) is 0 Å². The molecule has 1 aromatic carbocycles. The van der Waals surface area contributed by atoms with Crippen molar-refractivity contribution in [3.8, 4) is 0 Å². The van der Waals surface area contributed by atoms with Crippen LogP contribution in [-0.2, 0) is 6.42 Å². The Hall–Kier alpha value is -0.500. The van der Waals surface area contributed by atoms with E-state index in [4.69, 9.17) is 17.3 Å². The molecule has 1 spiro atoms. The van der Waals surface area contributed by atoms with Crippen molar-refractivity contribution in [1.82, 2.24) is 0 Å². The molecule has 1 fully saturated rings. The lowest BCUT2D eigenvalue weighted by Gasteiger charge is -2.37. The van der Waals surface area contributed by atoms with Crippen LogP contribution in [0.5, 0.6) is 0 Å². The highest BCUT2D eigenvalue weighted by Crippen LogP contribution is 2.54. The second kappa shape index (κ2) is 4.88. The third-order valence-corrected chi connectivity index (χ3v) is 4.78. The van der Waals surface area contributed by atoms with Crippen LogP contribution >= 0.6 is 24.0 Å². The van der Waals surface area contributed by atoms with Crippen molar-refractivity contribution >= 4 is 29.6 Å². The van der Waals surface area contributed by atoms with Crippen LogP contribution in [0.4, 0.5) is 0 Å². The maximum Gasteiger partial charge on any atom is 0.0409 e. The molecule has 2 aliphatic carbocycles. The molecule has 0 amide bonds. The zero-order valence-electron chi connectivity index (χ0n) is 10.4. The highest BCUT2D eigenvalue weighted by molar-refractivity contribution is 6.30. The van der Waals surface area contributed by atoms with Gasteiger partial charge in [-0.2, -0.15) is 0 Å². The molecule has 0 saturated heterocycles. The summed E-state index contributed by atoms with van der Waals surface area (Å²) in [5.74, 6) is 0. The van der Waals surface area contributed by atoms with E-state index in [1.165, 1.54) is 29.5 Å². The van der Waals surface area contributed by atoms with Gasteiger partial charge in [0.1, 0.15) is 0 Å². The van der Waals surface area contributed by atoms with E-state index in [-0.39, 0.29) is 17.8 Å². The van der Waals surface area contributed by atoms with E-state index in [0.29, 0.717) is 6.04 Å². The molecule has 1 aromatic rings. The highest BCUT2D eigenvalue weighted by atomic mass is 35.5. The molecule has 1 nitrogen and oxygen atoms in total. The molecule has 2 N–H and O–H groups in total. The summed E-state index contributed by atoms with van der Waals surface area (Å²) < 4.78 is 0. The van der Waals surface area contributed by atoms with Gasteiger partial charge in [0.15, 0.2) is 0 Å². The Morgan fingerprint density at radius 1 is 1.28 bits per heavy atom. The van der Waals surface area contributed by atoms with Crippen molar-refractivity contribution in [2.45, 2.75) is 38.1 Å². The van der Waals surface area contributed by atoms with Gasteiger partial charge in [0.2, 0.25) is 0 Å². The van der Waals surface area contributed by atoms with E-state index in [1.807, 2.05) is 6.07 Å². The van der Waals surface area contributed by atoms with E-state index in [0.717, 1.165) is 24.3 Å². The van der Waals surface area contributed by atoms with E-state index in [9.17, 15) is 0 Å². The Kier molecular flexibility index (Phi) is 3.77. The Labute approximate surface area is 120 Å². The van der Waals surface area contributed by atoms with Gasteiger partial charge in [-0.05, 0) is 66.4 Å². The number of allylic oxidation sites excluding steroid dienone is 1. The van der Waals surface area contributed by atoms with E-state index >= 15 is 0 Å². The monoisotopic (exact) mass is 283 g/mol. The van der Waals surface area contributed by atoms with E-state index < -0.39 is 0 Å². The van der Waals surface area contributed by atoms with Gasteiger partial charge in [-0.1, -0.05) is 24.2 Å². The molecule has 98 valence electrons. The molecule has 0 radical (unpaired) electrons. The van der Waals surface area contributed by atoms with Crippen LogP contribution in [0.3, 0.4) is 0 Å². The minimum atomic E-state index is 0. The predicted octanol–water partition coefficient (Wildman–Crippen LogP) is 4.22. The average Bonchev–Trinajstić information content (AvgIpc) is 2.57. The first kappa shape index (κ1) is 13.9. The van der Waals surface area contributed by atoms with Crippen LogP contribution in [0.15, 0.2) is 24.8 Å². The SMILES string of the molecule is C=C1c2ccc(Cl)cc2CC12CCC(N)CC2.Cl. The lowest BCUT2D eigenvalue weighted by atomic mass is 9.69. The number of hydrogen-bond acceptors (Lipinski definition) is 1. The van der Waals surface area contributed by atoms with Crippen LogP contribution < -0.4 is 5.73 Å². The standard InChI is InChI=1S/C15H18ClN.ClH/c1-10-14-3-2-12(16)8-11(14)9-15(10)6-4-13(17)5-7-15;/h2-3,8,13H,1,4-7,9,17H2;1H. The minimum absolute atomic E-state index is 0. The largest absolute Gasteiger partial charge is 0.328 e. The molecular formula is C15H19Cl2N. The molecule has 3 rings (SSSR count). The summed E-state index contributed by atoms with van der Waals surface area (Å²) in [6.07, 6.45) is 5.72. The molecule has 1 saturated carbocycles. The number of nitrogens with two attached hydrogens (primary N) is 1. The lowest BCUT2D eigenvalue weighted by molar-refractivity contribution is 0.257. The summed E-state index contributed by atoms with van der Waals surface area (Å²) in [6, 6.07) is 6.59. The van der Waals surface area contributed by atoms with Crippen LogP contribution in [0, 0.1) is 5.41 Å². The Balaban J connectivity index is 0.00000120. The van der Waals surface area contributed by atoms with Crippen molar-refractivity contribution < 1.29 is 0 Å². The molecule has 18 heavy (non-hydrogen) atoms. The quantitative estimate of drug-likeness (QED) is 0.758. The number of halogens is 2. The summed E-state index contributed by atoms with van der Waals surface area (Å²) in [6.45, 7) is 4.34. The normalized spacial score (nSPS) is 30.1. The fourth-order valence-corrected chi connectivity index (χ4v) is 3.63. The van der Waals surface area contributed by atoms with Gasteiger partial charge in [0.05, 0.1) is 0 Å². The zero-order chi connectivity index (χ0) is 12.0. The molecule has 0 bridgehead atoms. The maximum absolute atomic E-state index is 6.07. The van der Waals surface area contributed by atoms with Crippen molar-refractivity contribution in [2.75, 3.05) is 0 Å². The van der Waals surface area contributed by atoms with Crippen molar-refractivity contribution in [3.05, 3.63) is 40.9 Å². The third-order valence-electron chi connectivity index (χ3n) is 4.55. The topological polar surface area (TPSA) is 26.0 Å². The van der Waals surface area contributed by atoms with Crippen molar-refractivity contribution in [3.63, 3.8) is 0 Å². The molecule has 2 aliphatic rings. The van der Waals surface area contributed by atoms with E-state index in [1.54, 1.807) is 0 Å². The van der Waals surface area contributed by atoms with Gasteiger partial charge in [-0.25, -0.2) is 0 Å². The van der Waals surface area contributed by atoms with Gasteiger partial charge in [0.25, 0.3) is 0 Å². The van der Waals surface area contributed by atoms with Crippen LogP contribution in [0.1, 0.15) is 36.8 Å². The summed E-state index contributed by atoms with van der Waals surface area (Å²) in [7, 11) is 0. The van der Waals surface area contributed by atoms with Crippen LogP contribution in [0.25, 0.3) is 5.57 Å². The first-order valence-corrected chi connectivity index (χ1v) is 6.72. The van der Waals surface area contributed by atoms with Gasteiger partial charge < -0.3 is 5.73 Å². The highest BCUT2D eigenvalue weighted by Gasteiger charge is 2.42. The molecular weight excluding hydrogens is 265 g/mol. The maximum atomic E-state index is 6.07. The molecule has 0 aliphatic heterocycles. The molecule has 0 unspecified atom stereocenters. The van der Waals surface area contributed by atoms with Crippen LogP contribution in [-0.4, -0.2) is 6.04 Å². The fraction of sp³-hybridized carbons (Fsp3) is 0.467. The Morgan fingerprint density at radius 2 is 1.94 bits per heavy atom. The number of benzene rings is 1. The first-order valence-electron chi connectivity index (χ1n) is 6.34. The fourth-order valence-electron chi connectivity index (χ4n) is 3.43. The molecule has 0 aromatic heterocycles. The molecule has 0 atom stereocenters. The Morgan fingerprint density at radius 3 is 2.61 bits per heavy atom. The van der Waals surface area contributed by atoms with Crippen molar-refractivity contribution in [2.24, 2.45) is 11.1 Å². The lowest BCUT2D eigenvalue weighted by Crippen LogP contribution is -2.33. The second-order valence-corrected chi connectivity index (χ2v) is 6.01. The van der Waals surface area contributed by atoms with Crippen LogP contribution in [0.2, 0.25) is 5.02 Å². The van der Waals surface area contributed by atoms with E-state index in [2.05, 4.69) is 18.7 Å². The second-order valence-electron chi connectivity index (χ2n) is 5.57. The first-order chi connectivity index (χ1) is 8.11. The summed E-state index contributed by atoms with van der Waals surface area (Å²) in [4.78, 5) is 0. The smallest absolute Gasteiger partial charge is 0.0409 e. The predicted molar refractivity (Wildman–Crippen MR) is 80.3 cm³/mol. The average molecular weight is 284 g/mol. The zero-order valence-corrected chi connectivity index (χ0v) is 12.0. The summed E-state index contributed by atoms with van der Waals surface area (Å²) in [5.41, 5.74) is 10.3.